The van der Waals surface area contributed by atoms with E-state index < -0.39 is 0 Å². The molecule has 0 fully saturated rings. The molecule has 0 saturated heterocycles. The number of anilines is 2. The molecule has 4 aromatic rings. The van der Waals surface area contributed by atoms with Gasteiger partial charge in [0.25, 0.3) is 5.91 Å². The van der Waals surface area contributed by atoms with Crippen LogP contribution < -0.4 is 10.2 Å². The molecule has 0 saturated carbocycles. The van der Waals surface area contributed by atoms with Crippen LogP contribution in [0.2, 0.25) is 0 Å². The summed E-state index contributed by atoms with van der Waals surface area (Å²) in [6.45, 7) is 4.88. The van der Waals surface area contributed by atoms with E-state index in [0.29, 0.717) is 18.1 Å². The molecule has 1 amide bonds. The summed E-state index contributed by atoms with van der Waals surface area (Å²) in [4.78, 5) is 19.9. The number of fused-ring (bicyclic) bond motifs is 1. The first-order chi connectivity index (χ1) is 14.0. The minimum atomic E-state index is -0.183. The van der Waals surface area contributed by atoms with Crippen LogP contribution in [-0.4, -0.2) is 22.3 Å². The van der Waals surface area contributed by atoms with Gasteiger partial charge in [-0.3, -0.25) is 9.20 Å². The van der Waals surface area contributed by atoms with Gasteiger partial charge >= 0.3 is 0 Å². The van der Waals surface area contributed by atoms with Crippen molar-refractivity contribution < 1.29 is 4.79 Å². The van der Waals surface area contributed by atoms with Gasteiger partial charge in [0.05, 0.1) is 0 Å². The molecule has 0 aliphatic rings. The van der Waals surface area contributed by atoms with Gasteiger partial charge in [-0.1, -0.05) is 42.5 Å². The van der Waals surface area contributed by atoms with Crippen LogP contribution in [0.5, 0.6) is 0 Å². The van der Waals surface area contributed by atoms with Crippen LogP contribution in [0.3, 0.4) is 0 Å². The van der Waals surface area contributed by atoms with Crippen LogP contribution >= 0.6 is 0 Å². The fourth-order valence-electron chi connectivity index (χ4n) is 3.42. The van der Waals surface area contributed by atoms with Crippen molar-refractivity contribution in [3.63, 3.8) is 0 Å². The lowest BCUT2D eigenvalue weighted by atomic mass is 10.1. The first kappa shape index (κ1) is 18.7. The second kappa shape index (κ2) is 7.80. The number of imidazole rings is 1. The van der Waals surface area contributed by atoms with E-state index in [4.69, 9.17) is 4.98 Å². The number of aryl methyl sites for hydroxylation is 2. The highest BCUT2D eigenvalue weighted by molar-refractivity contribution is 6.07. The monoisotopic (exact) mass is 384 g/mol. The predicted octanol–water partition coefficient (Wildman–Crippen LogP) is 4.84. The predicted molar refractivity (Wildman–Crippen MR) is 118 cm³/mol. The van der Waals surface area contributed by atoms with Crippen LogP contribution in [0, 0.1) is 13.8 Å². The summed E-state index contributed by atoms with van der Waals surface area (Å²) in [5.41, 5.74) is 5.73. The number of aromatic nitrogens is 2. The van der Waals surface area contributed by atoms with Crippen molar-refractivity contribution in [1.82, 2.24) is 9.38 Å². The van der Waals surface area contributed by atoms with E-state index in [1.807, 2.05) is 71.1 Å². The molecule has 0 spiro atoms. The van der Waals surface area contributed by atoms with Gasteiger partial charge in [0.15, 0.2) is 11.5 Å². The van der Waals surface area contributed by atoms with Gasteiger partial charge < -0.3 is 10.2 Å². The molecule has 5 heteroatoms. The normalized spacial score (nSPS) is 10.9. The smallest absolute Gasteiger partial charge is 0.276 e. The number of amides is 1. The Morgan fingerprint density at radius 2 is 1.76 bits per heavy atom. The minimum absolute atomic E-state index is 0.183. The van der Waals surface area contributed by atoms with Crippen molar-refractivity contribution in [1.29, 1.82) is 0 Å². The minimum Gasteiger partial charge on any atom is -0.353 e. The Balaban J connectivity index is 1.70. The molecular weight excluding hydrogens is 360 g/mol. The Morgan fingerprint density at radius 3 is 2.52 bits per heavy atom. The average Bonchev–Trinajstić information content (AvgIpc) is 3.11. The molecule has 1 N–H and O–H groups in total. The standard InChI is InChI=1S/C24H24N4O/c1-17-12-13-19(15-18(17)2)16-27(3)23-22(28-14-8-7-11-21(28)26-23)24(29)25-20-9-5-4-6-10-20/h4-15H,16H2,1-3H3,(H,25,29). The van der Waals surface area contributed by atoms with Crippen molar-refractivity contribution in [2.75, 3.05) is 17.3 Å². The second-order valence-corrected chi connectivity index (χ2v) is 7.31. The number of hydrogen-bond donors (Lipinski definition) is 1. The van der Waals surface area contributed by atoms with Crippen LogP contribution in [0.1, 0.15) is 27.2 Å². The Hall–Kier alpha value is -3.60. The van der Waals surface area contributed by atoms with E-state index in [2.05, 4.69) is 37.4 Å². The number of carbonyl (C=O) groups excluding carboxylic acids is 1. The molecule has 146 valence electrons. The molecule has 5 nitrogen and oxygen atoms in total. The highest BCUT2D eigenvalue weighted by Gasteiger charge is 2.22. The quantitative estimate of drug-likeness (QED) is 0.536. The topological polar surface area (TPSA) is 49.6 Å². The maximum atomic E-state index is 13.2. The molecule has 0 unspecified atom stereocenters. The molecule has 4 rings (SSSR count). The lowest BCUT2D eigenvalue weighted by molar-refractivity contribution is 0.102. The number of nitrogens with zero attached hydrogens (tertiary/aromatic N) is 3. The van der Waals surface area contributed by atoms with Crippen molar-refractivity contribution in [3.8, 4) is 0 Å². The van der Waals surface area contributed by atoms with E-state index >= 15 is 0 Å². The first-order valence-electron chi connectivity index (χ1n) is 9.63. The summed E-state index contributed by atoms with van der Waals surface area (Å²) in [7, 11) is 1.97. The lowest BCUT2D eigenvalue weighted by Crippen LogP contribution is -2.22. The fourth-order valence-corrected chi connectivity index (χ4v) is 3.42. The first-order valence-corrected chi connectivity index (χ1v) is 9.63. The number of rotatable bonds is 5. The summed E-state index contributed by atoms with van der Waals surface area (Å²) in [5.74, 6) is 0.472. The average molecular weight is 384 g/mol. The molecule has 2 aromatic heterocycles. The van der Waals surface area contributed by atoms with E-state index in [-0.39, 0.29) is 5.91 Å². The van der Waals surface area contributed by atoms with Gasteiger partial charge in [-0.25, -0.2) is 4.98 Å². The van der Waals surface area contributed by atoms with Crippen LogP contribution in [0.15, 0.2) is 72.9 Å². The Morgan fingerprint density at radius 1 is 1.00 bits per heavy atom. The molecule has 29 heavy (non-hydrogen) atoms. The largest absolute Gasteiger partial charge is 0.353 e. The van der Waals surface area contributed by atoms with Crippen LogP contribution in [0.4, 0.5) is 11.5 Å². The van der Waals surface area contributed by atoms with E-state index in [0.717, 1.165) is 11.3 Å². The fraction of sp³-hybridized carbons (Fsp3) is 0.167. The number of benzene rings is 2. The Bertz CT molecular complexity index is 1160. The van der Waals surface area contributed by atoms with Crippen LogP contribution in [0.25, 0.3) is 5.65 Å². The SMILES string of the molecule is Cc1ccc(CN(C)c2nc3ccccn3c2C(=O)Nc2ccccc2)cc1C. The molecular formula is C24H24N4O. The van der Waals surface area contributed by atoms with E-state index in [9.17, 15) is 4.79 Å². The summed E-state index contributed by atoms with van der Waals surface area (Å²) in [5, 5.41) is 2.99. The van der Waals surface area contributed by atoms with Crippen molar-refractivity contribution in [2.24, 2.45) is 0 Å². The maximum absolute atomic E-state index is 13.2. The number of pyridine rings is 1. The van der Waals surface area contributed by atoms with Crippen molar-refractivity contribution >= 4 is 23.1 Å². The lowest BCUT2D eigenvalue weighted by Gasteiger charge is -2.19. The van der Waals surface area contributed by atoms with Gasteiger partial charge in [-0.05, 0) is 54.8 Å². The van der Waals surface area contributed by atoms with Gasteiger partial charge in [0.1, 0.15) is 5.65 Å². The van der Waals surface area contributed by atoms with E-state index in [1.165, 1.54) is 16.7 Å². The summed E-state index contributed by atoms with van der Waals surface area (Å²) < 4.78 is 1.84. The highest BCUT2D eigenvalue weighted by atomic mass is 16.2. The molecule has 2 aromatic carbocycles. The summed E-state index contributed by atoms with van der Waals surface area (Å²) in [6.07, 6.45) is 1.87. The Kier molecular flexibility index (Phi) is 5.04. The van der Waals surface area contributed by atoms with Crippen molar-refractivity contribution in [2.45, 2.75) is 20.4 Å². The number of hydrogen-bond acceptors (Lipinski definition) is 3. The summed E-state index contributed by atoms with van der Waals surface area (Å²) >= 11 is 0. The third-order valence-corrected chi connectivity index (χ3v) is 5.11. The highest BCUT2D eigenvalue weighted by Crippen LogP contribution is 2.24. The zero-order valence-corrected chi connectivity index (χ0v) is 16.9. The molecule has 0 aliphatic carbocycles. The second-order valence-electron chi connectivity index (χ2n) is 7.31. The molecule has 2 heterocycles. The van der Waals surface area contributed by atoms with Gasteiger partial charge in [0, 0.05) is 25.5 Å². The molecule has 0 radical (unpaired) electrons. The number of nitrogens with one attached hydrogen (secondary N) is 1. The van der Waals surface area contributed by atoms with Crippen LogP contribution in [-0.2, 0) is 6.54 Å². The van der Waals surface area contributed by atoms with Gasteiger partial charge in [-0.2, -0.15) is 0 Å². The summed E-state index contributed by atoms with van der Waals surface area (Å²) in [6, 6.07) is 21.6. The molecule has 0 atom stereocenters. The third kappa shape index (κ3) is 3.85. The van der Waals surface area contributed by atoms with Gasteiger partial charge in [-0.15, -0.1) is 0 Å². The molecule has 0 bridgehead atoms. The molecule has 0 aliphatic heterocycles. The van der Waals surface area contributed by atoms with E-state index in [1.54, 1.807) is 0 Å². The third-order valence-electron chi connectivity index (χ3n) is 5.11. The zero-order valence-electron chi connectivity index (χ0n) is 16.9. The van der Waals surface area contributed by atoms with Gasteiger partial charge in [0.2, 0.25) is 0 Å². The van der Waals surface area contributed by atoms with Crippen molar-refractivity contribution in [3.05, 3.63) is 95.3 Å². The maximum Gasteiger partial charge on any atom is 0.276 e. The Labute approximate surface area is 170 Å². The number of para-hydroxylation sites is 1. The zero-order chi connectivity index (χ0) is 20.4. The number of carbonyl (C=O) groups is 1.